The number of hydrogen-bond acceptors (Lipinski definition) is 0. The molecule has 0 saturated carbocycles. The molecule has 0 heterocycles. The maximum absolute atomic E-state index is 2.38. The average molecular weight is 258 g/mol. The summed E-state index contributed by atoms with van der Waals surface area (Å²) in [6.07, 6.45) is 2.57. The van der Waals surface area contributed by atoms with Crippen molar-refractivity contribution in [1.82, 2.24) is 0 Å². The summed E-state index contributed by atoms with van der Waals surface area (Å²) in [5.74, 6) is 0.864. The molecule has 1 aromatic rings. The predicted molar refractivity (Wildman–Crippen MR) is 55.7 cm³/mol. The summed E-state index contributed by atoms with van der Waals surface area (Å²) < 4.78 is 1.37. The van der Waals surface area contributed by atoms with Gasteiger partial charge in [-0.3, -0.25) is 0 Å². The van der Waals surface area contributed by atoms with Crippen LogP contribution in [0.1, 0.15) is 18.1 Å². The van der Waals surface area contributed by atoms with E-state index in [0.29, 0.717) is 0 Å². The highest BCUT2D eigenvalue weighted by molar-refractivity contribution is 14.1. The van der Waals surface area contributed by atoms with Crippen LogP contribution in [0, 0.1) is 9.49 Å². The number of fused-ring (bicyclic) bond motifs is 1. The van der Waals surface area contributed by atoms with Gasteiger partial charge in [-0.2, -0.15) is 0 Å². The van der Waals surface area contributed by atoms with Gasteiger partial charge in [0.2, 0.25) is 0 Å². The lowest BCUT2D eigenvalue weighted by atomic mass is 10.1. The van der Waals surface area contributed by atoms with Gasteiger partial charge in [-0.15, -0.1) is 0 Å². The van der Waals surface area contributed by atoms with E-state index in [2.05, 4.69) is 47.7 Å². The first-order valence-electron chi connectivity index (χ1n) is 4.03. The van der Waals surface area contributed by atoms with Crippen molar-refractivity contribution in [2.45, 2.75) is 19.8 Å². The second kappa shape index (κ2) is 2.77. The number of hydrogen-bond donors (Lipinski definition) is 0. The molecule has 11 heavy (non-hydrogen) atoms. The summed E-state index contributed by atoms with van der Waals surface area (Å²) in [5.41, 5.74) is 3.14. The Morgan fingerprint density at radius 2 is 2.00 bits per heavy atom. The second-order valence-corrected chi connectivity index (χ2v) is 4.67. The van der Waals surface area contributed by atoms with Crippen molar-refractivity contribution in [3.05, 3.63) is 32.9 Å². The molecule has 0 saturated heterocycles. The summed E-state index contributed by atoms with van der Waals surface area (Å²) in [4.78, 5) is 0. The molecule has 1 atom stereocenters. The molecule has 0 radical (unpaired) electrons. The van der Waals surface area contributed by atoms with Crippen molar-refractivity contribution in [2.75, 3.05) is 0 Å². The first-order valence-corrected chi connectivity index (χ1v) is 5.11. The van der Waals surface area contributed by atoms with Crippen LogP contribution in [-0.4, -0.2) is 0 Å². The Kier molecular flexibility index (Phi) is 1.91. The maximum atomic E-state index is 2.38. The first-order chi connectivity index (χ1) is 5.25. The van der Waals surface area contributed by atoms with E-state index in [1.54, 1.807) is 11.1 Å². The van der Waals surface area contributed by atoms with Crippen LogP contribution in [0.4, 0.5) is 0 Å². The molecular formula is C10H11I. The molecule has 0 bridgehead atoms. The van der Waals surface area contributed by atoms with E-state index in [4.69, 9.17) is 0 Å². The molecule has 0 spiro atoms. The Morgan fingerprint density at radius 1 is 1.27 bits per heavy atom. The van der Waals surface area contributed by atoms with Crippen LogP contribution in [0.2, 0.25) is 0 Å². The van der Waals surface area contributed by atoms with Gasteiger partial charge in [-0.25, -0.2) is 0 Å². The molecule has 0 aromatic heterocycles. The lowest BCUT2D eigenvalue weighted by molar-refractivity contribution is 0.628. The van der Waals surface area contributed by atoms with Crippen molar-refractivity contribution in [3.63, 3.8) is 0 Å². The molecular weight excluding hydrogens is 247 g/mol. The predicted octanol–water partition coefficient (Wildman–Crippen LogP) is 3.03. The molecule has 58 valence electrons. The molecule has 1 heteroatoms. The van der Waals surface area contributed by atoms with E-state index in [1.165, 1.54) is 16.4 Å². The third-order valence-corrected chi connectivity index (χ3v) is 2.98. The minimum Gasteiger partial charge on any atom is -0.0619 e. The Bertz CT molecular complexity index is 278. The fourth-order valence-corrected chi connectivity index (χ4v) is 2.36. The molecule has 1 unspecified atom stereocenters. The standard InChI is InChI=1S/C10H11I/c1-7-4-8-2-3-10(11)6-9(8)5-7/h2-3,6-7H,4-5H2,1H3. The minimum absolute atomic E-state index is 0.864. The van der Waals surface area contributed by atoms with Gasteiger partial charge in [0.1, 0.15) is 0 Å². The van der Waals surface area contributed by atoms with Crippen molar-refractivity contribution in [2.24, 2.45) is 5.92 Å². The Labute approximate surface area is 81.1 Å². The first kappa shape index (κ1) is 7.59. The van der Waals surface area contributed by atoms with E-state index in [0.717, 1.165) is 5.92 Å². The van der Waals surface area contributed by atoms with E-state index >= 15 is 0 Å². The van der Waals surface area contributed by atoms with E-state index in [1.807, 2.05) is 0 Å². The Hall–Kier alpha value is -0.0500. The van der Waals surface area contributed by atoms with Crippen LogP contribution in [0.15, 0.2) is 18.2 Å². The molecule has 1 aliphatic carbocycles. The monoisotopic (exact) mass is 258 g/mol. The molecule has 1 aromatic carbocycles. The van der Waals surface area contributed by atoms with Gasteiger partial charge in [0.25, 0.3) is 0 Å². The summed E-state index contributed by atoms with van der Waals surface area (Å²) in [6.45, 7) is 2.33. The number of halogens is 1. The van der Waals surface area contributed by atoms with E-state index in [9.17, 15) is 0 Å². The second-order valence-electron chi connectivity index (χ2n) is 3.43. The molecule has 0 amide bonds. The average Bonchev–Trinajstić information content (AvgIpc) is 2.27. The van der Waals surface area contributed by atoms with Gasteiger partial charge in [0.15, 0.2) is 0 Å². The molecule has 1 aliphatic rings. The zero-order valence-electron chi connectivity index (χ0n) is 6.60. The van der Waals surface area contributed by atoms with Gasteiger partial charge < -0.3 is 0 Å². The highest BCUT2D eigenvalue weighted by Crippen LogP contribution is 2.27. The molecule has 0 N–H and O–H groups in total. The Morgan fingerprint density at radius 3 is 2.82 bits per heavy atom. The van der Waals surface area contributed by atoms with Crippen LogP contribution >= 0.6 is 22.6 Å². The summed E-state index contributed by atoms with van der Waals surface area (Å²) in [6, 6.07) is 6.80. The van der Waals surface area contributed by atoms with Crippen molar-refractivity contribution in [1.29, 1.82) is 0 Å². The topological polar surface area (TPSA) is 0 Å². The van der Waals surface area contributed by atoms with Gasteiger partial charge in [-0.05, 0) is 64.6 Å². The highest BCUT2D eigenvalue weighted by Gasteiger charge is 2.16. The fraction of sp³-hybridized carbons (Fsp3) is 0.400. The number of benzene rings is 1. The quantitative estimate of drug-likeness (QED) is 0.627. The lowest BCUT2D eigenvalue weighted by Gasteiger charge is -1.97. The van der Waals surface area contributed by atoms with Crippen LogP contribution in [0.3, 0.4) is 0 Å². The van der Waals surface area contributed by atoms with Crippen LogP contribution < -0.4 is 0 Å². The highest BCUT2D eigenvalue weighted by atomic mass is 127. The SMILES string of the molecule is CC1Cc2ccc(I)cc2C1. The van der Waals surface area contributed by atoms with E-state index < -0.39 is 0 Å². The smallest absolute Gasteiger partial charge is 0.0133 e. The molecule has 0 aliphatic heterocycles. The number of rotatable bonds is 0. The minimum atomic E-state index is 0.864. The van der Waals surface area contributed by atoms with Gasteiger partial charge >= 0.3 is 0 Å². The third-order valence-electron chi connectivity index (χ3n) is 2.31. The van der Waals surface area contributed by atoms with Crippen molar-refractivity contribution in [3.8, 4) is 0 Å². The van der Waals surface area contributed by atoms with Crippen LogP contribution in [-0.2, 0) is 12.8 Å². The largest absolute Gasteiger partial charge is 0.0619 e. The third kappa shape index (κ3) is 1.43. The summed E-state index contributed by atoms with van der Waals surface area (Å²) in [5, 5.41) is 0. The summed E-state index contributed by atoms with van der Waals surface area (Å²) in [7, 11) is 0. The normalized spacial score (nSPS) is 21.8. The van der Waals surface area contributed by atoms with Gasteiger partial charge in [-0.1, -0.05) is 13.0 Å². The molecule has 0 fully saturated rings. The van der Waals surface area contributed by atoms with Crippen molar-refractivity contribution < 1.29 is 0 Å². The van der Waals surface area contributed by atoms with Crippen LogP contribution in [0.25, 0.3) is 0 Å². The lowest BCUT2D eigenvalue weighted by Crippen LogP contribution is -1.89. The van der Waals surface area contributed by atoms with Gasteiger partial charge in [0, 0.05) is 3.57 Å². The zero-order chi connectivity index (χ0) is 7.84. The van der Waals surface area contributed by atoms with Crippen molar-refractivity contribution >= 4 is 22.6 Å². The molecule has 2 rings (SSSR count). The molecule has 0 nitrogen and oxygen atoms in total. The fourth-order valence-electron chi connectivity index (χ4n) is 1.81. The maximum Gasteiger partial charge on any atom is 0.0133 e. The Balaban J connectivity index is 2.43. The zero-order valence-corrected chi connectivity index (χ0v) is 8.76. The summed E-state index contributed by atoms with van der Waals surface area (Å²) >= 11 is 2.38. The van der Waals surface area contributed by atoms with Gasteiger partial charge in [0.05, 0.1) is 0 Å². The van der Waals surface area contributed by atoms with Crippen LogP contribution in [0.5, 0.6) is 0 Å². The van der Waals surface area contributed by atoms with E-state index in [-0.39, 0.29) is 0 Å².